The molecule has 0 aliphatic carbocycles. The van der Waals surface area contributed by atoms with Gasteiger partial charge in [-0.15, -0.1) is 0 Å². The van der Waals surface area contributed by atoms with Crippen molar-refractivity contribution in [3.63, 3.8) is 0 Å². The molecule has 0 aliphatic rings. The van der Waals surface area contributed by atoms with Crippen molar-refractivity contribution in [1.82, 2.24) is 10.2 Å². The second kappa shape index (κ2) is 9.59. The van der Waals surface area contributed by atoms with Crippen LogP contribution in [0.1, 0.15) is 29.6 Å². The maximum absolute atomic E-state index is 13.4. The van der Waals surface area contributed by atoms with Crippen LogP contribution in [0.4, 0.5) is 8.78 Å². The van der Waals surface area contributed by atoms with Crippen LogP contribution in [0.15, 0.2) is 18.2 Å². The van der Waals surface area contributed by atoms with Gasteiger partial charge in [-0.2, -0.15) is 0 Å². The van der Waals surface area contributed by atoms with Crippen molar-refractivity contribution < 1.29 is 27.9 Å². The fourth-order valence-corrected chi connectivity index (χ4v) is 1.93. The first-order valence-electron chi connectivity index (χ1n) is 7.39. The number of esters is 1. The molecule has 1 aromatic carbocycles. The molecule has 0 heterocycles. The molecule has 2 amide bonds. The maximum atomic E-state index is 13.4. The van der Waals surface area contributed by atoms with Crippen molar-refractivity contribution in [3.05, 3.63) is 35.4 Å². The van der Waals surface area contributed by atoms with Gasteiger partial charge < -0.3 is 15.0 Å². The highest BCUT2D eigenvalue weighted by atomic mass is 19.1. The topological polar surface area (TPSA) is 75.7 Å². The highest BCUT2D eigenvalue weighted by Gasteiger charge is 2.14. The Kier molecular flexibility index (Phi) is 7.81. The zero-order valence-corrected chi connectivity index (χ0v) is 13.6. The number of hydrogen-bond acceptors (Lipinski definition) is 4. The van der Waals surface area contributed by atoms with Gasteiger partial charge in [-0.05, 0) is 18.6 Å². The number of nitrogens with zero attached hydrogens (tertiary/aromatic N) is 1. The number of halogens is 2. The summed E-state index contributed by atoms with van der Waals surface area (Å²) in [6, 6.07) is 2.65. The summed E-state index contributed by atoms with van der Waals surface area (Å²) in [6.45, 7) is 0.407. The molecule has 0 saturated carbocycles. The van der Waals surface area contributed by atoms with Gasteiger partial charge in [0.2, 0.25) is 5.91 Å². The molecule has 0 atom stereocenters. The van der Waals surface area contributed by atoms with Crippen molar-refractivity contribution in [3.8, 4) is 0 Å². The molecule has 0 aliphatic heterocycles. The molecule has 132 valence electrons. The van der Waals surface area contributed by atoms with E-state index in [4.69, 9.17) is 0 Å². The standard InChI is InChI=1S/C16H20F2N2O4/c1-20(9-3-4-15(22)24-2)14(21)7-8-19-16(23)12-6-5-11(17)10-13(12)18/h5-6,10H,3-4,7-9H2,1-2H3,(H,19,23). The minimum absolute atomic E-state index is 0.0236. The quantitative estimate of drug-likeness (QED) is 0.727. The molecule has 0 spiro atoms. The average molecular weight is 342 g/mol. The van der Waals surface area contributed by atoms with Gasteiger partial charge in [0.25, 0.3) is 5.91 Å². The Labute approximate surface area is 138 Å². The van der Waals surface area contributed by atoms with Gasteiger partial charge in [0.05, 0.1) is 12.7 Å². The van der Waals surface area contributed by atoms with Crippen LogP contribution in [0.3, 0.4) is 0 Å². The third-order valence-electron chi connectivity index (χ3n) is 3.33. The van der Waals surface area contributed by atoms with Gasteiger partial charge in [0.15, 0.2) is 0 Å². The van der Waals surface area contributed by atoms with Crippen molar-refractivity contribution in [2.24, 2.45) is 0 Å². The number of rotatable bonds is 8. The van der Waals surface area contributed by atoms with Crippen LogP contribution in [0.5, 0.6) is 0 Å². The molecule has 0 unspecified atom stereocenters. The summed E-state index contributed by atoms with van der Waals surface area (Å²) in [5.41, 5.74) is -0.282. The van der Waals surface area contributed by atoms with Gasteiger partial charge in [-0.3, -0.25) is 14.4 Å². The predicted molar refractivity (Wildman–Crippen MR) is 82.2 cm³/mol. The van der Waals surface area contributed by atoms with Crippen LogP contribution in [0.2, 0.25) is 0 Å². The average Bonchev–Trinajstić information content (AvgIpc) is 2.54. The highest BCUT2D eigenvalue weighted by molar-refractivity contribution is 5.94. The fourth-order valence-electron chi connectivity index (χ4n) is 1.93. The number of carbonyl (C=O) groups is 3. The van der Waals surface area contributed by atoms with Crippen molar-refractivity contribution >= 4 is 17.8 Å². The Bertz CT molecular complexity index is 608. The van der Waals surface area contributed by atoms with E-state index < -0.39 is 17.5 Å². The number of methoxy groups -OCH3 is 1. The summed E-state index contributed by atoms with van der Waals surface area (Å²) in [7, 11) is 2.88. The van der Waals surface area contributed by atoms with E-state index in [1.807, 2.05) is 0 Å². The van der Waals surface area contributed by atoms with Gasteiger partial charge in [0, 0.05) is 39.0 Å². The number of ether oxygens (including phenoxy) is 1. The van der Waals surface area contributed by atoms with E-state index in [1.165, 1.54) is 12.0 Å². The first-order chi connectivity index (χ1) is 11.3. The monoisotopic (exact) mass is 342 g/mol. The minimum Gasteiger partial charge on any atom is -0.469 e. The molecular weight excluding hydrogens is 322 g/mol. The van der Waals surface area contributed by atoms with Gasteiger partial charge in [-0.1, -0.05) is 0 Å². The van der Waals surface area contributed by atoms with Crippen molar-refractivity contribution in [1.29, 1.82) is 0 Å². The van der Waals surface area contributed by atoms with E-state index in [-0.39, 0.29) is 36.8 Å². The fraction of sp³-hybridized carbons (Fsp3) is 0.438. The SMILES string of the molecule is COC(=O)CCCN(C)C(=O)CCNC(=O)c1ccc(F)cc1F. The summed E-state index contributed by atoms with van der Waals surface area (Å²) < 4.78 is 30.7. The maximum Gasteiger partial charge on any atom is 0.305 e. The summed E-state index contributed by atoms with van der Waals surface area (Å²) in [4.78, 5) is 36.0. The zero-order chi connectivity index (χ0) is 18.1. The van der Waals surface area contributed by atoms with E-state index in [2.05, 4.69) is 10.1 Å². The molecule has 0 saturated heterocycles. The molecule has 8 heteroatoms. The van der Waals surface area contributed by atoms with E-state index >= 15 is 0 Å². The lowest BCUT2D eigenvalue weighted by atomic mass is 10.2. The van der Waals surface area contributed by atoms with E-state index in [9.17, 15) is 23.2 Å². The third kappa shape index (κ3) is 6.31. The number of hydrogen-bond donors (Lipinski definition) is 1. The Morgan fingerprint density at radius 2 is 1.92 bits per heavy atom. The molecule has 1 rings (SSSR count). The van der Waals surface area contributed by atoms with Gasteiger partial charge in [-0.25, -0.2) is 8.78 Å². The molecular formula is C16H20F2N2O4. The Morgan fingerprint density at radius 3 is 2.54 bits per heavy atom. The predicted octanol–water partition coefficient (Wildman–Crippen LogP) is 1.50. The van der Waals surface area contributed by atoms with Crippen LogP contribution in [0, 0.1) is 11.6 Å². The normalized spacial score (nSPS) is 10.2. The molecule has 1 N–H and O–H groups in total. The van der Waals surface area contributed by atoms with Crippen LogP contribution in [-0.4, -0.2) is 49.9 Å². The minimum atomic E-state index is -0.959. The second-order valence-corrected chi connectivity index (χ2v) is 5.13. The molecule has 1 aromatic rings. The molecule has 0 bridgehead atoms. The van der Waals surface area contributed by atoms with Gasteiger partial charge >= 0.3 is 5.97 Å². The first kappa shape index (κ1) is 19.5. The summed E-state index contributed by atoms with van der Waals surface area (Å²) in [6.07, 6.45) is 0.722. The molecule has 6 nitrogen and oxygen atoms in total. The van der Waals surface area contributed by atoms with E-state index in [0.29, 0.717) is 19.0 Å². The summed E-state index contributed by atoms with van der Waals surface area (Å²) in [5, 5.41) is 2.41. The number of amides is 2. The van der Waals surface area contributed by atoms with Gasteiger partial charge in [0.1, 0.15) is 11.6 Å². The molecule has 0 aromatic heterocycles. The Hall–Kier alpha value is -2.51. The lowest BCUT2D eigenvalue weighted by Gasteiger charge is -2.17. The van der Waals surface area contributed by atoms with Crippen LogP contribution in [0.25, 0.3) is 0 Å². The van der Waals surface area contributed by atoms with Crippen LogP contribution < -0.4 is 5.32 Å². The van der Waals surface area contributed by atoms with Crippen molar-refractivity contribution in [2.45, 2.75) is 19.3 Å². The smallest absolute Gasteiger partial charge is 0.305 e. The summed E-state index contributed by atoms with van der Waals surface area (Å²) in [5.74, 6) is -3.01. The molecule has 0 fully saturated rings. The Morgan fingerprint density at radius 1 is 1.21 bits per heavy atom. The molecule has 24 heavy (non-hydrogen) atoms. The highest BCUT2D eigenvalue weighted by Crippen LogP contribution is 2.09. The third-order valence-corrected chi connectivity index (χ3v) is 3.33. The number of carbonyl (C=O) groups excluding carboxylic acids is 3. The van der Waals surface area contributed by atoms with E-state index in [1.54, 1.807) is 7.05 Å². The number of benzene rings is 1. The zero-order valence-electron chi connectivity index (χ0n) is 13.6. The van der Waals surface area contributed by atoms with Crippen LogP contribution in [-0.2, 0) is 14.3 Å². The largest absolute Gasteiger partial charge is 0.469 e. The van der Waals surface area contributed by atoms with Crippen LogP contribution >= 0.6 is 0 Å². The lowest BCUT2D eigenvalue weighted by Crippen LogP contribution is -2.33. The summed E-state index contributed by atoms with van der Waals surface area (Å²) >= 11 is 0. The lowest BCUT2D eigenvalue weighted by molar-refractivity contribution is -0.141. The Balaban J connectivity index is 2.34. The van der Waals surface area contributed by atoms with Crippen molar-refractivity contribution in [2.75, 3.05) is 27.2 Å². The first-order valence-corrected chi connectivity index (χ1v) is 7.39. The van der Waals surface area contributed by atoms with E-state index in [0.717, 1.165) is 12.1 Å². The molecule has 0 radical (unpaired) electrons. The second-order valence-electron chi connectivity index (χ2n) is 5.13. The number of nitrogens with one attached hydrogen (secondary N) is 1.